The van der Waals surface area contributed by atoms with Gasteiger partial charge in [-0.15, -0.1) is 5.10 Å². The minimum absolute atomic E-state index is 0.0352. The summed E-state index contributed by atoms with van der Waals surface area (Å²) in [7, 11) is 0. The molecule has 250 valence electrons. The highest BCUT2D eigenvalue weighted by Crippen LogP contribution is 2.75. The van der Waals surface area contributed by atoms with Crippen LogP contribution in [0.1, 0.15) is 124 Å². The van der Waals surface area contributed by atoms with Crippen molar-refractivity contribution in [3.8, 4) is 5.69 Å². The largest absolute Gasteiger partial charge is 0.459 e. The average molecular weight is 628 g/mol. The Morgan fingerprint density at radius 2 is 1.74 bits per heavy atom. The lowest BCUT2D eigenvalue weighted by molar-refractivity contribution is -0.206. The molecule has 6 nitrogen and oxygen atoms in total. The summed E-state index contributed by atoms with van der Waals surface area (Å²) in [5.41, 5.74) is 4.47. The van der Waals surface area contributed by atoms with Gasteiger partial charge in [-0.1, -0.05) is 77.5 Å². The lowest BCUT2D eigenvalue weighted by Gasteiger charge is -2.71. The van der Waals surface area contributed by atoms with Gasteiger partial charge in [0.05, 0.1) is 23.4 Å². The second-order valence-electron chi connectivity index (χ2n) is 18.3. The third-order valence-electron chi connectivity index (χ3n) is 15.2. The number of ether oxygens (including phenoxy) is 1. The Balaban J connectivity index is 1.18. The van der Waals surface area contributed by atoms with Crippen LogP contribution in [0.2, 0.25) is 0 Å². The molecule has 1 aromatic heterocycles. The molecule has 5 aliphatic rings. The summed E-state index contributed by atoms with van der Waals surface area (Å²) in [5.74, 6) is 1.30. The SMILES string of the molecule is Cc1cccc(-n2cc(COC(=O)[C@]34CCC(C)(C)C[C@H]3C3=CC[C@@H]5[C@@]6(C)CC[C@H](O)C(C)(C)[C@@H]6CC[C@@]5(C)[C@]3(C)CC4)nn2)c1. The van der Waals surface area contributed by atoms with Crippen molar-refractivity contribution in [3.63, 3.8) is 0 Å². The predicted molar refractivity (Wildman–Crippen MR) is 181 cm³/mol. The Labute approximate surface area is 276 Å². The van der Waals surface area contributed by atoms with E-state index in [4.69, 9.17) is 4.74 Å². The average Bonchev–Trinajstić information content (AvgIpc) is 3.47. The van der Waals surface area contributed by atoms with Crippen molar-refractivity contribution in [1.29, 1.82) is 0 Å². The normalized spacial score (nSPS) is 40.8. The molecule has 8 atom stereocenters. The minimum Gasteiger partial charge on any atom is -0.459 e. The molecule has 0 saturated heterocycles. The molecular formula is C40H57N3O3. The molecule has 0 aliphatic heterocycles. The molecule has 2 aromatic rings. The Morgan fingerprint density at radius 1 is 0.978 bits per heavy atom. The van der Waals surface area contributed by atoms with Crippen LogP contribution in [0.3, 0.4) is 0 Å². The van der Waals surface area contributed by atoms with E-state index in [1.807, 2.05) is 18.3 Å². The van der Waals surface area contributed by atoms with E-state index in [0.29, 0.717) is 17.5 Å². The predicted octanol–water partition coefficient (Wildman–Crippen LogP) is 8.78. The second kappa shape index (κ2) is 10.5. The van der Waals surface area contributed by atoms with E-state index in [2.05, 4.69) is 83.9 Å². The van der Waals surface area contributed by atoms with Crippen LogP contribution in [0, 0.1) is 57.2 Å². The first-order valence-electron chi connectivity index (χ1n) is 18.1. The highest BCUT2D eigenvalue weighted by Gasteiger charge is 2.69. The van der Waals surface area contributed by atoms with E-state index in [1.54, 1.807) is 10.3 Å². The number of aromatic nitrogens is 3. The maximum Gasteiger partial charge on any atom is 0.313 e. The van der Waals surface area contributed by atoms with Gasteiger partial charge in [-0.3, -0.25) is 4.79 Å². The standard InChI is InChI=1S/C40H57N3O3/c1-26-10-9-11-28(22-26)43-24-27(41-42-43)25-46-34(45)40-20-18-35(2,3)23-30(40)29-12-13-32-37(6)16-15-33(44)36(4,5)31(37)14-17-39(32,8)38(29,7)19-21-40/h9-12,22,24,30-33,44H,13-21,23,25H2,1-8H3/t30-,31-,32+,33-,37-,38+,39+,40-/m0/s1. The Hall–Kier alpha value is -2.47. The lowest BCUT2D eigenvalue weighted by Crippen LogP contribution is -2.65. The van der Waals surface area contributed by atoms with Crippen molar-refractivity contribution in [2.45, 2.75) is 132 Å². The van der Waals surface area contributed by atoms with E-state index in [-0.39, 0.29) is 51.7 Å². The maximum absolute atomic E-state index is 14.4. The maximum atomic E-state index is 14.4. The number of nitrogens with zero attached hydrogens (tertiary/aromatic N) is 3. The first kappa shape index (κ1) is 32.1. The van der Waals surface area contributed by atoms with E-state index < -0.39 is 5.41 Å². The number of benzene rings is 1. The van der Waals surface area contributed by atoms with Gasteiger partial charge in [-0.05, 0) is 134 Å². The van der Waals surface area contributed by atoms with Gasteiger partial charge < -0.3 is 9.84 Å². The molecule has 0 bridgehead atoms. The number of esters is 1. The van der Waals surface area contributed by atoms with Crippen LogP contribution >= 0.6 is 0 Å². The quantitative estimate of drug-likeness (QED) is 0.271. The number of allylic oxidation sites excluding steroid dienone is 2. The fourth-order valence-electron chi connectivity index (χ4n) is 12.1. The van der Waals surface area contributed by atoms with Crippen molar-refractivity contribution in [2.24, 2.45) is 50.2 Å². The van der Waals surface area contributed by atoms with Crippen LogP contribution < -0.4 is 0 Å². The summed E-state index contributed by atoms with van der Waals surface area (Å²) in [4.78, 5) is 14.4. The molecule has 5 aliphatic carbocycles. The number of aliphatic hydroxyl groups is 1. The van der Waals surface area contributed by atoms with Gasteiger partial charge in [0.1, 0.15) is 12.3 Å². The van der Waals surface area contributed by atoms with Crippen LogP contribution in [-0.2, 0) is 16.1 Å². The lowest BCUT2D eigenvalue weighted by atomic mass is 9.33. The summed E-state index contributed by atoms with van der Waals surface area (Å²) >= 11 is 0. The zero-order valence-corrected chi connectivity index (χ0v) is 29.7. The van der Waals surface area contributed by atoms with E-state index in [0.717, 1.165) is 62.6 Å². The molecule has 1 aromatic carbocycles. The number of hydrogen-bond donors (Lipinski definition) is 1. The Bertz CT molecular complexity index is 1560. The van der Waals surface area contributed by atoms with Gasteiger partial charge in [0.25, 0.3) is 0 Å². The molecule has 1 N–H and O–H groups in total. The molecule has 0 amide bonds. The number of hydrogen-bond acceptors (Lipinski definition) is 5. The molecule has 7 rings (SSSR count). The van der Waals surface area contributed by atoms with Crippen LogP contribution in [0.15, 0.2) is 42.1 Å². The fourth-order valence-corrected chi connectivity index (χ4v) is 12.1. The summed E-state index contributed by atoms with van der Waals surface area (Å²) < 4.78 is 7.99. The molecule has 6 heteroatoms. The van der Waals surface area contributed by atoms with Crippen LogP contribution in [-0.4, -0.2) is 32.2 Å². The van der Waals surface area contributed by atoms with E-state index >= 15 is 0 Å². The molecule has 1 heterocycles. The Kier molecular flexibility index (Phi) is 7.34. The zero-order valence-electron chi connectivity index (χ0n) is 29.7. The van der Waals surface area contributed by atoms with Crippen molar-refractivity contribution >= 4 is 5.97 Å². The number of aryl methyl sites for hydroxylation is 1. The van der Waals surface area contributed by atoms with Crippen LogP contribution in [0.5, 0.6) is 0 Å². The van der Waals surface area contributed by atoms with Gasteiger partial charge in [-0.25, -0.2) is 4.68 Å². The highest BCUT2D eigenvalue weighted by molar-refractivity contribution is 5.78. The van der Waals surface area contributed by atoms with Crippen molar-refractivity contribution in [1.82, 2.24) is 15.0 Å². The minimum atomic E-state index is -0.478. The summed E-state index contributed by atoms with van der Waals surface area (Å²) in [6, 6.07) is 8.17. The van der Waals surface area contributed by atoms with E-state index in [9.17, 15) is 9.90 Å². The fraction of sp³-hybridized carbons (Fsp3) is 0.725. The number of fused-ring (bicyclic) bond motifs is 7. The molecule has 0 spiro atoms. The Morgan fingerprint density at radius 3 is 2.50 bits per heavy atom. The number of carbonyl (C=O) groups is 1. The molecule has 46 heavy (non-hydrogen) atoms. The highest BCUT2D eigenvalue weighted by atomic mass is 16.5. The van der Waals surface area contributed by atoms with Crippen molar-refractivity contribution in [2.75, 3.05) is 0 Å². The van der Waals surface area contributed by atoms with Gasteiger partial charge in [0.2, 0.25) is 0 Å². The topological polar surface area (TPSA) is 77.2 Å². The van der Waals surface area contributed by atoms with Crippen LogP contribution in [0.25, 0.3) is 5.69 Å². The van der Waals surface area contributed by atoms with E-state index in [1.165, 1.54) is 12.8 Å². The number of aliphatic hydroxyl groups excluding tert-OH is 1. The zero-order chi connectivity index (χ0) is 32.9. The molecule has 0 unspecified atom stereocenters. The molecular weight excluding hydrogens is 570 g/mol. The smallest absolute Gasteiger partial charge is 0.313 e. The summed E-state index contributed by atoms with van der Waals surface area (Å²) in [5, 5.41) is 19.7. The molecule has 0 radical (unpaired) electrons. The third kappa shape index (κ3) is 4.54. The number of rotatable bonds is 4. The van der Waals surface area contributed by atoms with Crippen molar-refractivity contribution < 1.29 is 14.6 Å². The summed E-state index contributed by atoms with van der Waals surface area (Å²) in [6.45, 7) is 19.4. The second-order valence-corrected chi connectivity index (χ2v) is 18.3. The monoisotopic (exact) mass is 627 g/mol. The molecule has 4 fully saturated rings. The molecule has 4 saturated carbocycles. The number of carbonyl (C=O) groups excluding carboxylic acids is 1. The summed E-state index contributed by atoms with van der Waals surface area (Å²) in [6.07, 6.45) is 14.7. The first-order chi connectivity index (χ1) is 21.6. The van der Waals surface area contributed by atoms with Gasteiger partial charge in [-0.2, -0.15) is 0 Å². The van der Waals surface area contributed by atoms with Gasteiger partial charge >= 0.3 is 5.97 Å². The first-order valence-corrected chi connectivity index (χ1v) is 18.1. The van der Waals surface area contributed by atoms with Crippen molar-refractivity contribution in [3.05, 3.63) is 53.4 Å². The van der Waals surface area contributed by atoms with Gasteiger partial charge in [0.15, 0.2) is 0 Å². The van der Waals surface area contributed by atoms with Gasteiger partial charge in [0, 0.05) is 0 Å². The third-order valence-corrected chi connectivity index (χ3v) is 15.2. The van der Waals surface area contributed by atoms with Crippen LogP contribution in [0.4, 0.5) is 0 Å².